The number of sulfonamides is 1. The number of aryl methyl sites for hydroxylation is 1. The Morgan fingerprint density at radius 1 is 1.00 bits per heavy atom. The lowest BCUT2D eigenvalue weighted by molar-refractivity contribution is -0.131. The molecule has 0 spiro atoms. The number of para-hydroxylation sites is 1. The Morgan fingerprint density at radius 2 is 1.63 bits per heavy atom. The lowest BCUT2D eigenvalue weighted by atomic mass is 10.1. The molecule has 0 unspecified atom stereocenters. The van der Waals surface area contributed by atoms with E-state index in [1.54, 1.807) is 36.3 Å². The summed E-state index contributed by atoms with van der Waals surface area (Å²) >= 11 is 0. The molecule has 27 heavy (non-hydrogen) atoms. The van der Waals surface area contributed by atoms with Gasteiger partial charge in [-0.15, -0.1) is 0 Å². The van der Waals surface area contributed by atoms with Gasteiger partial charge < -0.3 is 9.64 Å². The van der Waals surface area contributed by atoms with Crippen LogP contribution >= 0.6 is 0 Å². The normalized spacial score (nSPS) is 15.6. The van der Waals surface area contributed by atoms with Crippen LogP contribution in [0.15, 0.2) is 53.4 Å². The van der Waals surface area contributed by atoms with Gasteiger partial charge in [0.15, 0.2) is 0 Å². The van der Waals surface area contributed by atoms with E-state index >= 15 is 0 Å². The molecule has 0 saturated carbocycles. The first-order chi connectivity index (χ1) is 12.9. The second kappa shape index (κ2) is 8.10. The van der Waals surface area contributed by atoms with Crippen molar-refractivity contribution in [2.24, 2.45) is 0 Å². The molecular weight excluding hydrogens is 364 g/mol. The second-order valence-electron chi connectivity index (χ2n) is 6.59. The van der Waals surface area contributed by atoms with E-state index in [0.717, 1.165) is 11.1 Å². The summed E-state index contributed by atoms with van der Waals surface area (Å²) in [6.45, 7) is 3.29. The summed E-state index contributed by atoms with van der Waals surface area (Å²) in [6.07, 6.45) is 0.245. The molecule has 0 radical (unpaired) electrons. The molecule has 1 aliphatic rings. The van der Waals surface area contributed by atoms with Crippen LogP contribution in [0.5, 0.6) is 5.75 Å². The highest BCUT2D eigenvalue weighted by Crippen LogP contribution is 2.21. The third-order valence-electron chi connectivity index (χ3n) is 4.78. The number of hydrogen-bond donors (Lipinski definition) is 0. The summed E-state index contributed by atoms with van der Waals surface area (Å²) in [5.41, 5.74) is 1.85. The molecule has 2 aromatic rings. The minimum Gasteiger partial charge on any atom is -0.496 e. The van der Waals surface area contributed by atoms with E-state index in [9.17, 15) is 13.2 Å². The molecular formula is C20H24N2O4S. The molecule has 6 nitrogen and oxygen atoms in total. The highest BCUT2D eigenvalue weighted by molar-refractivity contribution is 7.89. The SMILES string of the molecule is COc1ccccc1CC(=O)N1CCN(S(=O)(=O)c2ccc(C)cc2)CC1. The van der Waals surface area contributed by atoms with Crippen LogP contribution in [0.2, 0.25) is 0 Å². The molecule has 1 aliphatic heterocycles. The lowest BCUT2D eigenvalue weighted by Gasteiger charge is -2.34. The maximum Gasteiger partial charge on any atom is 0.243 e. The number of methoxy groups -OCH3 is 1. The van der Waals surface area contributed by atoms with Crippen LogP contribution in [0.4, 0.5) is 0 Å². The quantitative estimate of drug-likeness (QED) is 0.787. The third kappa shape index (κ3) is 4.31. The monoisotopic (exact) mass is 388 g/mol. The number of ether oxygens (including phenoxy) is 1. The predicted molar refractivity (Wildman–Crippen MR) is 103 cm³/mol. The maximum absolute atomic E-state index is 12.8. The molecule has 1 saturated heterocycles. The summed E-state index contributed by atoms with van der Waals surface area (Å²) in [6, 6.07) is 14.3. The van der Waals surface area contributed by atoms with E-state index in [-0.39, 0.29) is 12.3 Å². The molecule has 1 heterocycles. The van der Waals surface area contributed by atoms with Crippen LogP contribution < -0.4 is 4.74 Å². The van der Waals surface area contributed by atoms with Gasteiger partial charge in [0.25, 0.3) is 0 Å². The average Bonchev–Trinajstić information content (AvgIpc) is 2.69. The largest absolute Gasteiger partial charge is 0.496 e. The molecule has 7 heteroatoms. The molecule has 0 N–H and O–H groups in total. The number of carbonyl (C=O) groups is 1. The second-order valence-corrected chi connectivity index (χ2v) is 8.52. The van der Waals surface area contributed by atoms with Gasteiger partial charge in [0, 0.05) is 31.7 Å². The Kier molecular flexibility index (Phi) is 5.82. The maximum atomic E-state index is 12.8. The first kappa shape index (κ1) is 19.4. The van der Waals surface area contributed by atoms with Crippen molar-refractivity contribution in [3.8, 4) is 5.75 Å². The Morgan fingerprint density at radius 3 is 2.26 bits per heavy atom. The lowest BCUT2D eigenvalue weighted by Crippen LogP contribution is -2.50. The smallest absolute Gasteiger partial charge is 0.243 e. The van der Waals surface area contributed by atoms with Gasteiger partial charge in [0.1, 0.15) is 5.75 Å². The summed E-state index contributed by atoms with van der Waals surface area (Å²) in [4.78, 5) is 14.6. The fourth-order valence-corrected chi connectivity index (χ4v) is 4.58. The Bertz CT molecular complexity index is 902. The Hall–Kier alpha value is -2.38. The number of carbonyl (C=O) groups excluding carboxylic acids is 1. The van der Waals surface area contributed by atoms with Gasteiger partial charge >= 0.3 is 0 Å². The summed E-state index contributed by atoms with van der Waals surface area (Å²) in [7, 11) is -1.94. The minimum absolute atomic E-state index is 0.0214. The summed E-state index contributed by atoms with van der Waals surface area (Å²) in [5, 5.41) is 0. The van der Waals surface area contributed by atoms with E-state index in [1.807, 2.05) is 31.2 Å². The summed E-state index contributed by atoms with van der Waals surface area (Å²) in [5.74, 6) is 0.665. The van der Waals surface area contributed by atoms with Gasteiger partial charge in [-0.1, -0.05) is 35.9 Å². The predicted octanol–water partition coefficient (Wildman–Crippen LogP) is 2.08. The number of benzene rings is 2. The van der Waals surface area contributed by atoms with Gasteiger partial charge in [-0.05, 0) is 25.1 Å². The van der Waals surface area contributed by atoms with Crippen LogP contribution in [0.1, 0.15) is 11.1 Å². The van der Waals surface area contributed by atoms with Crippen molar-refractivity contribution < 1.29 is 17.9 Å². The molecule has 0 aromatic heterocycles. The van der Waals surface area contributed by atoms with Crippen molar-refractivity contribution >= 4 is 15.9 Å². The van der Waals surface area contributed by atoms with Gasteiger partial charge in [0.05, 0.1) is 18.4 Å². The average molecular weight is 388 g/mol. The fourth-order valence-electron chi connectivity index (χ4n) is 3.16. The van der Waals surface area contributed by atoms with Gasteiger partial charge in [0.2, 0.25) is 15.9 Å². The number of piperazine rings is 1. The van der Waals surface area contributed by atoms with Crippen LogP contribution in [0.3, 0.4) is 0 Å². The highest BCUT2D eigenvalue weighted by Gasteiger charge is 2.30. The Labute approximate surface area is 160 Å². The Balaban J connectivity index is 1.63. The van der Waals surface area contributed by atoms with E-state index in [4.69, 9.17) is 4.74 Å². The van der Waals surface area contributed by atoms with Crippen LogP contribution in [0.25, 0.3) is 0 Å². The van der Waals surface area contributed by atoms with E-state index in [0.29, 0.717) is 36.8 Å². The molecule has 0 aliphatic carbocycles. The van der Waals surface area contributed by atoms with Crippen molar-refractivity contribution in [1.29, 1.82) is 0 Å². The first-order valence-corrected chi connectivity index (χ1v) is 10.3. The first-order valence-electron chi connectivity index (χ1n) is 8.88. The zero-order valence-corrected chi connectivity index (χ0v) is 16.4. The molecule has 3 rings (SSSR count). The number of nitrogens with zero attached hydrogens (tertiary/aromatic N) is 2. The van der Waals surface area contributed by atoms with Crippen LogP contribution in [-0.4, -0.2) is 56.8 Å². The minimum atomic E-state index is -3.52. The number of rotatable bonds is 5. The molecule has 144 valence electrons. The van der Waals surface area contributed by atoms with E-state index in [1.165, 1.54) is 4.31 Å². The molecule has 0 atom stereocenters. The standard InChI is InChI=1S/C20H24N2O4S/c1-16-7-9-18(10-8-16)27(24,25)22-13-11-21(12-14-22)20(23)15-17-5-3-4-6-19(17)26-2/h3-10H,11-15H2,1-2H3. The van der Waals surface area contributed by atoms with Crippen LogP contribution in [0, 0.1) is 6.92 Å². The van der Waals surface area contributed by atoms with Crippen molar-refractivity contribution in [2.45, 2.75) is 18.2 Å². The van der Waals surface area contributed by atoms with Crippen LogP contribution in [-0.2, 0) is 21.2 Å². The van der Waals surface area contributed by atoms with Gasteiger partial charge in [-0.3, -0.25) is 4.79 Å². The highest BCUT2D eigenvalue weighted by atomic mass is 32.2. The van der Waals surface area contributed by atoms with Crippen molar-refractivity contribution in [3.05, 3.63) is 59.7 Å². The fraction of sp³-hybridized carbons (Fsp3) is 0.350. The van der Waals surface area contributed by atoms with Crippen molar-refractivity contribution in [3.63, 3.8) is 0 Å². The number of hydrogen-bond acceptors (Lipinski definition) is 4. The van der Waals surface area contributed by atoms with Gasteiger partial charge in [-0.2, -0.15) is 4.31 Å². The molecule has 2 aromatic carbocycles. The molecule has 0 bridgehead atoms. The number of amides is 1. The topological polar surface area (TPSA) is 66.9 Å². The van der Waals surface area contributed by atoms with Crippen molar-refractivity contribution in [1.82, 2.24) is 9.21 Å². The van der Waals surface area contributed by atoms with Gasteiger partial charge in [-0.25, -0.2) is 8.42 Å². The van der Waals surface area contributed by atoms with E-state index < -0.39 is 10.0 Å². The zero-order chi connectivity index (χ0) is 19.4. The third-order valence-corrected chi connectivity index (χ3v) is 6.70. The van der Waals surface area contributed by atoms with E-state index in [2.05, 4.69) is 0 Å². The summed E-state index contributed by atoms with van der Waals surface area (Å²) < 4.78 is 32.3. The molecule has 1 fully saturated rings. The molecule has 1 amide bonds. The zero-order valence-electron chi connectivity index (χ0n) is 15.6. The van der Waals surface area contributed by atoms with Crippen molar-refractivity contribution in [2.75, 3.05) is 33.3 Å².